The molecule has 0 radical (unpaired) electrons. The number of nitrogens with one attached hydrogen (secondary N) is 2. The normalized spacial score (nSPS) is 23.9. The largest absolute Gasteiger partial charge is 0.353 e. The monoisotopic (exact) mass is 210 g/mol. The van der Waals surface area contributed by atoms with Crippen LogP contribution in [0.4, 0.5) is 0 Å². The average Bonchev–Trinajstić information content (AvgIpc) is 3.09. The van der Waals surface area contributed by atoms with Crippen molar-refractivity contribution in [2.45, 2.75) is 51.0 Å². The number of guanidine groups is 1. The molecule has 0 unspecified atom stereocenters. The minimum absolute atomic E-state index is 0.577. The topological polar surface area (TPSA) is 62.4 Å². The van der Waals surface area contributed by atoms with Gasteiger partial charge in [0.2, 0.25) is 5.96 Å². The van der Waals surface area contributed by atoms with Crippen molar-refractivity contribution in [2.75, 3.05) is 6.54 Å². The number of rotatable bonds is 3. The van der Waals surface area contributed by atoms with E-state index >= 15 is 0 Å². The number of nitrogens with zero attached hydrogens (tertiary/aromatic N) is 1. The number of hydrazine groups is 1. The van der Waals surface area contributed by atoms with Crippen molar-refractivity contribution in [3.05, 3.63) is 0 Å². The third kappa shape index (κ3) is 3.70. The zero-order chi connectivity index (χ0) is 10.5. The van der Waals surface area contributed by atoms with Crippen molar-refractivity contribution in [1.29, 1.82) is 0 Å². The molecule has 0 aromatic heterocycles. The van der Waals surface area contributed by atoms with Crippen LogP contribution in [0.25, 0.3) is 0 Å². The van der Waals surface area contributed by atoms with Crippen LogP contribution in [0.2, 0.25) is 0 Å². The molecule has 86 valence electrons. The maximum Gasteiger partial charge on any atom is 0.205 e. The molecule has 0 aromatic rings. The Balaban J connectivity index is 1.74. The Labute approximate surface area is 91.7 Å². The van der Waals surface area contributed by atoms with Crippen LogP contribution in [0.15, 0.2) is 4.99 Å². The summed E-state index contributed by atoms with van der Waals surface area (Å²) in [5, 5.41) is 3.40. The molecular formula is C11H22N4. The van der Waals surface area contributed by atoms with Gasteiger partial charge >= 0.3 is 0 Å². The molecule has 0 atom stereocenters. The van der Waals surface area contributed by atoms with E-state index in [2.05, 4.69) is 15.7 Å². The molecule has 4 heteroatoms. The molecular weight excluding hydrogens is 188 g/mol. The fraction of sp³-hybridized carbons (Fsp3) is 0.909. The summed E-state index contributed by atoms with van der Waals surface area (Å²) >= 11 is 0. The fourth-order valence-corrected chi connectivity index (χ4v) is 2.09. The van der Waals surface area contributed by atoms with E-state index in [0.717, 1.165) is 18.4 Å². The van der Waals surface area contributed by atoms with E-state index < -0.39 is 0 Å². The first kappa shape index (κ1) is 10.7. The Morgan fingerprint density at radius 1 is 1.13 bits per heavy atom. The van der Waals surface area contributed by atoms with Gasteiger partial charge in [-0.1, -0.05) is 19.3 Å². The summed E-state index contributed by atoms with van der Waals surface area (Å²) in [6, 6.07) is 0.577. The lowest BCUT2D eigenvalue weighted by Gasteiger charge is -2.24. The van der Waals surface area contributed by atoms with Crippen molar-refractivity contribution >= 4 is 5.96 Å². The molecule has 0 amide bonds. The van der Waals surface area contributed by atoms with E-state index in [9.17, 15) is 0 Å². The van der Waals surface area contributed by atoms with Crippen molar-refractivity contribution in [1.82, 2.24) is 10.7 Å². The lowest BCUT2D eigenvalue weighted by atomic mass is 9.96. The zero-order valence-electron chi connectivity index (χ0n) is 9.34. The van der Waals surface area contributed by atoms with Crippen LogP contribution in [0.3, 0.4) is 0 Å². The zero-order valence-corrected chi connectivity index (χ0v) is 9.34. The smallest absolute Gasteiger partial charge is 0.205 e. The summed E-state index contributed by atoms with van der Waals surface area (Å²) in [5.41, 5.74) is 2.67. The van der Waals surface area contributed by atoms with Gasteiger partial charge in [0.1, 0.15) is 0 Å². The Morgan fingerprint density at radius 3 is 2.47 bits per heavy atom. The summed E-state index contributed by atoms with van der Waals surface area (Å²) in [5.74, 6) is 7.06. The molecule has 4 N–H and O–H groups in total. The quantitative estimate of drug-likeness (QED) is 0.283. The molecule has 0 heterocycles. The molecule has 0 saturated heterocycles. The number of hydrogen-bond donors (Lipinski definition) is 3. The van der Waals surface area contributed by atoms with Crippen molar-refractivity contribution in [3.8, 4) is 0 Å². The van der Waals surface area contributed by atoms with E-state index in [0.29, 0.717) is 6.04 Å². The highest BCUT2D eigenvalue weighted by molar-refractivity contribution is 5.79. The minimum atomic E-state index is 0.577. The molecule has 0 bridgehead atoms. The van der Waals surface area contributed by atoms with Gasteiger partial charge in [-0.25, -0.2) is 5.84 Å². The lowest BCUT2D eigenvalue weighted by molar-refractivity contribution is 0.410. The first-order valence-corrected chi connectivity index (χ1v) is 6.16. The molecule has 2 rings (SSSR count). The van der Waals surface area contributed by atoms with E-state index in [-0.39, 0.29) is 0 Å². The third-order valence-corrected chi connectivity index (χ3v) is 3.29. The highest BCUT2D eigenvalue weighted by Gasteiger charge is 2.21. The summed E-state index contributed by atoms with van der Waals surface area (Å²) in [6.45, 7) is 0.930. The first-order valence-electron chi connectivity index (χ1n) is 6.16. The predicted molar refractivity (Wildman–Crippen MR) is 62.4 cm³/mol. The predicted octanol–water partition coefficient (Wildman–Crippen LogP) is 1.14. The van der Waals surface area contributed by atoms with E-state index in [4.69, 9.17) is 5.84 Å². The number of hydrogen-bond acceptors (Lipinski definition) is 2. The van der Waals surface area contributed by atoms with Gasteiger partial charge in [0.15, 0.2) is 0 Å². The van der Waals surface area contributed by atoms with Gasteiger partial charge in [0.05, 0.1) is 0 Å². The third-order valence-electron chi connectivity index (χ3n) is 3.29. The van der Waals surface area contributed by atoms with Crippen LogP contribution in [0.5, 0.6) is 0 Å². The average molecular weight is 210 g/mol. The van der Waals surface area contributed by atoms with Crippen molar-refractivity contribution in [2.24, 2.45) is 16.8 Å². The lowest BCUT2D eigenvalue weighted by Crippen LogP contribution is -2.47. The van der Waals surface area contributed by atoms with Gasteiger partial charge < -0.3 is 5.32 Å². The molecule has 2 saturated carbocycles. The van der Waals surface area contributed by atoms with Gasteiger partial charge in [-0.3, -0.25) is 10.4 Å². The Hall–Kier alpha value is -0.770. The van der Waals surface area contributed by atoms with Crippen molar-refractivity contribution in [3.63, 3.8) is 0 Å². The maximum atomic E-state index is 5.45. The van der Waals surface area contributed by atoms with Crippen LogP contribution >= 0.6 is 0 Å². The molecule has 2 aliphatic carbocycles. The molecule has 2 aliphatic rings. The molecule has 0 spiro atoms. The molecule has 4 nitrogen and oxygen atoms in total. The molecule has 15 heavy (non-hydrogen) atoms. The SMILES string of the molecule is NNC(=NCC1CC1)NC1CCCCC1. The Kier molecular flexibility index (Phi) is 3.83. The standard InChI is InChI=1S/C11H22N4/c12-15-11(13-8-9-6-7-9)14-10-4-2-1-3-5-10/h9-10H,1-8,12H2,(H2,13,14,15). The summed E-state index contributed by atoms with van der Waals surface area (Å²) in [6.07, 6.45) is 9.23. The first-order chi connectivity index (χ1) is 7.38. The van der Waals surface area contributed by atoms with Gasteiger partial charge in [0.25, 0.3) is 0 Å². The highest BCUT2D eigenvalue weighted by atomic mass is 15.3. The van der Waals surface area contributed by atoms with E-state index in [1.807, 2.05) is 0 Å². The summed E-state index contributed by atoms with van der Waals surface area (Å²) in [7, 11) is 0. The van der Waals surface area contributed by atoms with E-state index in [1.165, 1.54) is 44.9 Å². The molecule has 0 aromatic carbocycles. The van der Waals surface area contributed by atoms with Crippen molar-refractivity contribution < 1.29 is 0 Å². The summed E-state index contributed by atoms with van der Waals surface area (Å²) in [4.78, 5) is 4.47. The van der Waals surface area contributed by atoms with Crippen LogP contribution in [-0.4, -0.2) is 18.5 Å². The van der Waals surface area contributed by atoms with Crippen LogP contribution in [0, 0.1) is 5.92 Å². The van der Waals surface area contributed by atoms with Crippen LogP contribution < -0.4 is 16.6 Å². The molecule has 2 fully saturated rings. The van der Waals surface area contributed by atoms with E-state index in [1.54, 1.807) is 0 Å². The van der Waals surface area contributed by atoms with Crippen LogP contribution in [0.1, 0.15) is 44.9 Å². The maximum absolute atomic E-state index is 5.45. The second-order valence-corrected chi connectivity index (χ2v) is 4.76. The van der Waals surface area contributed by atoms with Gasteiger partial charge in [-0.15, -0.1) is 0 Å². The highest BCUT2D eigenvalue weighted by Crippen LogP contribution is 2.28. The fourth-order valence-electron chi connectivity index (χ4n) is 2.09. The van der Waals surface area contributed by atoms with Gasteiger partial charge in [-0.2, -0.15) is 0 Å². The summed E-state index contributed by atoms with van der Waals surface area (Å²) < 4.78 is 0. The minimum Gasteiger partial charge on any atom is -0.353 e. The Morgan fingerprint density at radius 2 is 1.87 bits per heavy atom. The van der Waals surface area contributed by atoms with Crippen LogP contribution in [-0.2, 0) is 0 Å². The van der Waals surface area contributed by atoms with Gasteiger partial charge in [-0.05, 0) is 31.6 Å². The van der Waals surface area contributed by atoms with Gasteiger partial charge in [0, 0.05) is 12.6 Å². The Bertz CT molecular complexity index is 217. The second-order valence-electron chi connectivity index (χ2n) is 4.76. The number of aliphatic imine (C=N–C) groups is 1. The second kappa shape index (κ2) is 5.35. The number of nitrogens with two attached hydrogens (primary N) is 1. The molecule has 0 aliphatic heterocycles.